The third-order valence-corrected chi connectivity index (χ3v) is 2.53. The minimum Gasteiger partial charge on any atom is -0.207 e. The number of rotatable bonds is 2. The molecule has 0 fully saturated rings. The third-order valence-electron chi connectivity index (χ3n) is 2.53. The van der Waals surface area contributed by atoms with Crippen LogP contribution in [0.25, 0.3) is 0 Å². The number of hydrogen-bond acceptors (Lipinski definition) is 0. The summed E-state index contributed by atoms with van der Waals surface area (Å²) in [5.41, 5.74) is 2.14. The van der Waals surface area contributed by atoms with E-state index in [9.17, 15) is 8.78 Å². The average molecular weight is 218 g/mol. The van der Waals surface area contributed by atoms with Crippen molar-refractivity contribution in [2.24, 2.45) is 0 Å². The summed E-state index contributed by atoms with van der Waals surface area (Å²) in [5, 5.41) is 0. The summed E-state index contributed by atoms with van der Waals surface area (Å²) >= 11 is 0. The van der Waals surface area contributed by atoms with Crippen LogP contribution in [0.15, 0.2) is 42.5 Å². The molecule has 0 unspecified atom stereocenters. The summed E-state index contributed by atoms with van der Waals surface area (Å²) in [5.74, 6) is -0.969. The Balaban J connectivity index is 2.34. The van der Waals surface area contributed by atoms with Gasteiger partial charge in [-0.1, -0.05) is 35.9 Å². The fourth-order valence-electron chi connectivity index (χ4n) is 1.73. The van der Waals surface area contributed by atoms with Crippen LogP contribution in [0.4, 0.5) is 8.78 Å². The van der Waals surface area contributed by atoms with Crippen molar-refractivity contribution in [2.45, 2.75) is 13.3 Å². The molecule has 0 aliphatic heterocycles. The lowest BCUT2D eigenvalue weighted by Gasteiger charge is -2.05. The van der Waals surface area contributed by atoms with E-state index in [0.29, 0.717) is 6.42 Å². The van der Waals surface area contributed by atoms with E-state index in [1.54, 1.807) is 0 Å². The highest BCUT2D eigenvalue weighted by atomic mass is 19.1. The molecule has 0 nitrogen and oxygen atoms in total. The molecule has 0 radical (unpaired) electrons. The highest BCUT2D eigenvalue weighted by Crippen LogP contribution is 2.17. The monoisotopic (exact) mass is 218 g/mol. The quantitative estimate of drug-likeness (QED) is 0.718. The van der Waals surface area contributed by atoms with Gasteiger partial charge in [0.25, 0.3) is 0 Å². The van der Waals surface area contributed by atoms with Gasteiger partial charge in [-0.25, -0.2) is 8.78 Å². The van der Waals surface area contributed by atoms with Crippen molar-refractivity contribution in [1.82, 2.24) is 0 Å². The highest BCUT2D eigenvalue weighted by Gasteiger charge is 2.08. The van der Waals surface area contributed by atoms with E-state index in [0.717, 1.165) is 11.1 Å². The maximum absolute atomic E-state index is 13.4. The van der Waals surface area contributed by atoms with Gasteiger partial charge in [0.2, 0.25) is 0 Å². The van der Waals surface area contributed by atoms with Crippen molar-refractivity contribution in [1.29, 1.82) is 0 Å². The molecule has 82 valence electrons. The summed E-state index contributed by atoms with van der Waals surface area (Å²) in [6.07, 6.45) is 0.292. The first-order valence-electron chi connectivity index (χ1n) is 5.15. The molecule has 0 bridgehead atoms. The standard InChI is InChI=1S/C14H12F2/c1-10-4-2-5-11(8-10)9-12-13(15)6-3-7-14(12)16/h2-8H,9H2,1H3. The zero-order chi connectivity index (χ0) is 11.5. The minimum atomic E-state index is -0.485. The molecule has 0 aliphatic carbocycles. The Hall–Kier alpha value is -1.70. The molecule has 2 aromatic carbocycles. The molecule has 0 aliphatic rings. The molecule has 16 heavy (non-hydrogen) atoms. The average Bonchev–Trinajstić information content (AvgIpc) is 2.24. The van der Waals surface area contributed by atoms with Crippen LogP contribution in [0.2, 0.25) is 0 Å². The van der Waals surface area contributed by atoms with Gasteiger partial charge < -0.3 is 0 Å². The van der Waals surface area contributed by atoms with Crippen LogP contribution in [0.3, 0.4) is 0 Å². The molecule has 0 saturated carbocycles. The number of aryl methyl sites for hydroxylation is 1. The Morgan fingerprint density at radius 3 is 2.19 bits per heavy atom. The molecular weight excluding hydrogens is 206 g/mol. The molecule has 0 aromatic heterocycles. The molecule has 0 N–H and O–H groups in total. The van der Waals surface area contributed by atoms with E-state index in [2.05, 4.69) is 0 Å². The van der Waals surface area contributed by atoms with Crippen LogP contribution >= 0.6 is 0 Å². The summed E-state index contributed by atoms with van der Waals surface area (Å²) in [6, 6.07) is 11.6. The van der Waals surface area contributed by atoms with Gasteiger partial charge in [0.15, 0.2) is 0 Å². The second-order valence-electron chi connectivity index (χ2n) is 3.87. The molecule has 0 amide bonds. The molecule has 0 atom stereocenters. The lowest BCUT2D eigenvalue weighted by atomic mass is 10.0. The number of hydrogen-bond donors (Lipinski definition) is 0. The van der Waals surface area contributed by atoms with Gasteiger partial charge in [0, 0.05) is 12.0 Å². The normalized spacial score (nSPS) is 10.4. The Morgan fingerprint density at radius 1 is 0.938 bits per heavy atom. The molecule has 2 rings (SSSR count). The largest absolute Gasteiger partial charge is 0.207 e. The van der Waals surface area contributed by atoms with E-state index in [1.807, 2.05) is 31.2 Å². The van der Waals surface area contributed by atoms with E-state index >= 15 is 0 Å². The predicted octanol–water partition coefficient (Wildman–Crippen LogP) is 3.86. The van der Waals surface area contributed by atoms with Gasteiger partial charge in [0.1, 0.15) is 11.6 Å². The van der Waals surface area contributed by atoms with Crippen LogP contribution in [0.5, 0.6) is 0 Å². The Bertz CT molecular complexity index is 484. The van der Waals surface area contributed by atoms with E-state index in [4.69, 9.17) is 0 Å². The van der Waals surface area contributed by atoms with Crippen molar-refractivity contribution in [3.63, 3.8) is 0 Å². The Kier molecular flexibility index (Phi) is 3.00. The van der Waals surface area contributed by atoms with Crippen molar-refractivity contribution in [3.8, 4) is 0 Å². The van der Waals surface area contributed by atoms with Crippen molar-refractivity contribution in [2.75, 3.05) is 0 Å². The summed E-state index contributed by atoms with van der Waals surface area (Å²) < 4.78 is 26.8. The molecular formula is C14H12F2. The van der Waals surface area contributed by atoms with Crippen molar-refractivity contribution in [3.05, 3.63) is 70.8 Å². The van der Waals surface area contributed by atoms with Crippen LogP contribution in [-0.2, 0) is 6.42 Å². The third kappa shape index (κ3) is 2.27. The Morgan fingerprint density at radius 2 is 1.56 bits per heavy atom. The van der Waals surface area contributed by atoms with Crippen LogP contribution in [-0.4, -0.2) is 0 Å². The molecule has 2 aromatic rings. The smallest absolute Gasteiger partial charge is 0.129 e. The number of benzene rings is 2. The van der Waals surface area contributed by atoms with Gasteiger partial charge in [-0.3, -0.25) is 0 Å². The maximum atomic E-state index is 13.4. The first-order valence-corrected chi connectivity index (χ1v) is 5.15. The topological polar surface area (TPSA) is 0 Å². The first-order chi connectivity index (χ1) is 7.66. The van der Waals surface area contributed by atoms with Gasteiger partial charge in [0.05, 0.1) is 0 Å². The second kappa shape index (κ2) is 4.44. The SMILES string of the molecule is Cc1cccc(Cc2c(F)cccc2F)c1. The zero-order valence-corrected chi connectivity index (χ0v) is 9.00. The molecule has 2 heteroatoms. The fraction of sp³-hybridized carbons (Fsp3) is 0.143. The minimum absolute atomic E-state index is 0.133. The lowest BCUT2D eigenvalue weighted by Crippen LogP contribution is -1.97. The van der Waals surface area contributed by atoms with Gasteiger partial charge in [-0.15, -0.1) is 0 Å². The van der Waals surface area contributed by atoms with Crippen LogP contribution in [0.1, 0.15) is 16.7 Å². The maximum Gasteiger partial charge on any atom is 0.129 e. The van der Waals surface area contributed by atoms with E-state index in [-0.39, 0.29) is 5.56 Å². The fourth-order valence-corrected chi connectivity index (χ4v) is 1.73. The van der Waals surface area contributed by atoms with Gasteiger partial charge >= 0.3 is 0 Å². The second-order valence-corrected chi connectivity index (χ2v) is 3.87. The zero-order valence-electron chi connectivity index (χ0n) is 9.00. The Labute approximate surface area is 93.5 Å². The van der Waals surface area contributed by atoms with Crippen molar-refractivity contribution < 1.29 is 8.78 Å². The highest BCUT2D eigenvalue weighted by molar-refractivity contribution is 5.30. The van der Waals surface area contributed by atoms with E-state index in [1.165, 1.54) is 18.2 Å². The number of halogens is 2. The lowest BCUT2D eigenvalue weighted by molar-refractivity contribution is 0.561. The molecule has 0 heterocycles. The first kappa shape index (κ1) is 10.8. The van der Waals surface area contributed by atoms with Crippen molar-refractivity contribution >= 4 is 0 Å². The van der Waals surface area contributed by atoms with Gasteiger partial charge in [-0.05, 0) is 24.6 Å². The summed E-state index contributed by atoms with van der Waals surface area (Å²) in [4.78, 5) is 0. The van der Waals surface area contributed by atoms with E-state index < -0.39 is 11.6 Å². The predicted molar refractivity (Wildman–Crippen MR) is 60.3 cm³/mol. The van der Waals surface area contributed by atoms with Crippen LogP contribution < -0.4 is 0 Å². The summed E-state index contributed by atoms with van der Waals surface area (Å²) in [7, 11) is 0. The molecule has 0 spiro atoms. The molecule has 0 saturated heterocycles. The van der Waals surface area contributed by atoms with Crippen LogP contribution in [0, 0.1) is 18.6 Å². The van der Waals surface area contributed by atoms with Gasteiger partial charge in [-0.2, -0.15) is 0 Å². The summed E-state index contributed by atoms with van der Waals surface area (Å²) in [6.45, 7) is 1.96.